The van der Waals surface area contributed by atoms with Gasteiger partial charge >= 0.3 is 0 Å². The van der Waals surface area contributed by atoms with E-state index in [2.05, 4.69) is 32.0 Å². The molecule has 3 heteroatoms. The fraction of sp³-hybridized carbons (Fsp3) is 0.294. The molecule has 0 spiro atoms. The summed E-state index contributed by atoms with van der Waals surface area (Å²) in [5.41, 5.74) is 10.7. The van der Waals surface area contributed by atoms with E-state index in [-0.39, 0.29) is 6.04 Å². The first kappa shape index (κ1) is 13.0. The molecule has 104 valence electrons. The lowest BCUT2D eigenvalue weighted by molar-refractivity contribution is 0.300. The van der Waals surface area contributed by atoms with Crippen molar-refractivity contribution in [2.45, 2.75) is 26.5 Å². The highest BCUT2D eigenvalue weighted by atomic mass is 16.5. The van der Waals surface area contributed by atoms with Gasteiger partial charge < -0.3 is 15.2 Å². The molecule has 1 heterocycles. The van der Waals surface area contributed by atoms with Crippen LogP contribution in [0.4, 0.5) is 0 Å². The average molecular weight is 269 g/mol. The molecule has 2 aromatic rings. The van der Waals surface area contributed by atoms with Crippen molar-refractivity contribution >= 4 is 0 Å². The minimum atomic E-state index is -0.0157. The second kappa shape index (κ2) is 5.17. The smallest absolute Gasteiger partial charge is 0.127 e. The fourth-order valence-corrected chi connectivity index (χ4v) is 2.42. The van der Waals surface area contributed by atoms with Crippen LogP contribution in [0.5, 0.6) is 11.5 Å². The maximum absolute atomic E-state index is 5.93. The summed E-state index contributed by atoms with van der Waals surface area (Å²) in [6.45, 7) is 5.31. The van der Waals surface area contributed by atoms with Crippen LogP contribution in [0, 0.1) is 13.8 Å². The van der Waals surface area contributed by atoms with E-state index in [1.807, 2.05) is 18.2 Å². The number of ether oxygens (including phenoxy) is 2. The SMILES string of the molecule is Cc1ccc(C)c(COc2ccc3c(c2)OCC3N)c1. The van der Waals surface area contributed by atoms with Gasteiger partial charge in [0.15, 0.2) is 0 Å². The van der Waals surface area contributed by atoms with Crippen LogP contribution in [-0.2, 0) is 6.61 Å². The summed E-state index contributed by atoms with van der Waals surface area (Å²) in [6, 6.07) is 12.3. The molecule has 2 N–H and O–H groups in total. The molecule has 0 bridgehead atoms. The maximum atomic E-state index is 5.93. The Morgan fingerprint density at radius 1 is 1.20 bits per heavy atom. The first-order chi connectivity index (χ1) is 9.63. The van der Waals surface area contributed by atoms with Crippen LogP contribution >= 0.6 is 0 Å². The molecule has 2 aromatic carbocycles. The molecule has 0 fully saturated rings. The molecule has 1 aliphatic rings. The Kier molecular flexibility index (Phi) is 3.36. The van der Waals surface area contributed by atoms with Crippen LogP contribution in [0.1, 0.15) is 28.3 Å². The van der Waals surface area contributed by atoms with Crippen LogP contribution in [0.2, 0.25) is 0 Å². The van der Waals surface area contributed by atoms with Crippen LogP contribution in [0.25, 0.3) is 0 Å². The van der Waals surface area contributed by atoms with Crippen molar-refractivity contribution in [3.05, 3.63) is 58.7 Å². The van der Waals surface area contributed by atoms with Crippen molar-refractivity contribution in [1.82, 2.24) is 0 Å². The Morgan fingerprint density at radius 3 is 2.90 bits per heavy atom. The Morgan fingerprint density at radius 2 is 2.05 bits per heavy atom. The van der Waals surface area contributed by atoms with Gasteiger partial charge in [0.25, 0.3) is 0 Å². The van der Waals surface area contributed by atoms with Crippen molar-refractivity contribution in [1.29, 1.82) is 0 Å². The second-order valence-corrected chi connectivity index (χ2v) is 5.34. The summed E-state index contributed by atoms with van der Waals surface area (Å²) in [4.78, 5) is 0. The summed E-state index contributed by atoms with van der Waals surface area (Å²) < 4.78 is 11.4. The molecular formula is C17H19NO2. The third-order valence-electron chi connectivity index (χ3n) is 3.70. The van der Waals surface area contributed by atoms with E-state index in [9.17, 15) is 0 Å². The van der Waals surface area contributed by atoms with Gasteiger partial charge in [-0.1, -0.05) is 23.8 Å². The minimum absolute atomic E-state index is 0.0157. The van der Waals surface area contributed by atoms with Crippen LogP contribution in [0.15, 0.2) is 36.4 Å². The highest BCUT2D eigenvalue weighted by molar-refractivity contribution is 5.45. The zero-order chi connectivity index (χ0) is 14.1. The van der Waals surface area contributed by atoms with Gasteiger partial charge in [-0.05, 0) is 37.1 Å². The number of hydrogen-bond acceptors (Lipinski definition) is 3. The number of hydrogen-bond donors (Lipinski definition) is 1. The molecular weight excluding hydrogens is 250 g/mol. The van der Waals surface area contributed by atoms with Crippen molar-refractivity contribution in [3.8, 4) is 11.5 Å². The molecule has 0 radical (unpaired) electrons. The van der Waals surface area contributed by atoms with Crippen LogP contribution in [0.3, 0.4) is 0 Å². The molecule has 0 amide bonds. The minimum Gasteiger partial charge on any atom is -0.491 e. The monoisotopic (exact) mass is 269 g/mol. The Balaban J connectivity index is 1.74. The van der Waals surface area contributed by atoms with Gasteiger partial charge in [-0.15, -0.1) is 0 Å². The lowest BCUT2D eigenvalue weighted by Crippen LogP contribution is -2.10. The van der Waals surface area contributed by atoms with Crippen LogP contribution in [-0.4, -0.2) is 6.61 Å². The molecule has 0 aliphatic carbocycles. The summed E-state index contributed by atoms with van der Waals surface area (Å²) in [5, 5.41) is 0. The van der Waals surface area contributed by atoms with Gasteiger partial charge in [0, 0.05) is 11.6 Å². The van der Waals surface area contributed by atoms with Gasteiger partial charge in [0.05, 0.1) is 6.04 Å². The zero-order valence-corrected chi connectivity index (χ0v) is 11.8. The third-order valence-corrected chi connectivity index (χ3v) is 3.70. The molecule has 3 rings (SSSR count). The van der Waals surface area contributed by atoms with Gasteiger partial charge in [-0.2, -0.15) is 0 Å². The predicted octanol–water partition coefficient (Wildman–Crippen LogP) is 3.27. The highest BCUT2D eigenvalue weighted by Crippen LogP contribution is 2.34. The summed E-state index contributed by atoms with van der Waals surface area (Å²) in [6.07, 6.45) is 0. The number of fused-ring (bicyclic) bond motifs is 1. The third kappa shape index (κ3) is 2.49. The number of aryl methyl sites for hydroxylation is 2. The predicted molar refractivity (Wildman–Crippen MR) is 79.1 cm³/mol. The van der Waals surface area contributed by atoms with E-state index >= 15 is 0 Å². The second-order valence-electron chi connectivity index (χ2n) is 5.34. The average Bonchev–Trinajstić information content (AvgIpc) is 2.81. The first-order valence-electron chi connectivity index (χ1n) is 6.85. The van der Waals surface area contributed by atoms with Crippen molar-refractivity contribution < 1.29 is 9.47 Å². The highest BCUT2D eigenvalue weighted by Gasteiger charge is 2.20. The topological polar surface area (TPSA) is 44.5 Å². The van der Waals surface area contributed by atoms with Gasteiger partial charge in [-0.25, -0.2) is 0 Å². The number of rotatable bonds is 3. The Hall–Kier alpha value is -2.00. The number of nitrogens with two attached hydrogens (primary N) is 1. The standard InChI is InChI=1S/C17H19NO2/c1-11-3-4-12(2)13(7-11)9-19-14-5-6-15-16(18)10-20-17(15)8-14/h3-8,16H,9-10,18H2,1-2H3. The van der Waals surface area contributed by atoms with Crippen molar-refractivity contribution in [2.24, 2.45) is 5.73 Å². The van der Waals surface area contributed by atoms with E-state index in [0.717, 1.165) is 17.1 Å². The normalized spacial score (nSPS) is 16.6. The van der Waals surface area contributed by atoms with Crippen molar-refractivity contribution in [3.63, 3.8) is 0 Å². The van der Waals surface area contributed by atoms with Crippen molar-refractivity contribution in [2.75, 3.05) is 6.61 Å². The van der Waals surface area contributed by atoms with E-state index in [1.165, 1.54) is 16.7 Å². The number of benzene rings is 2. The summed E-state index contributed by atoms with van der Waals surface area (Å²) in [7, 11) is 0. The first-order valence-corrected chi connectivity index (χ1v) is 6.85. The van der Waals surface area contributed by atoms with Gasteiger partial charge in [0.2, 0.25) is 0 Å². The Bertz CT molecular complexity index is 637. The molecule has 1 aliphatic heterocycles. The van der Waals surface area contributed by atoms with Gasteiger partial charge in [-0.3, -0.25) is 0 Å². The summed E-state index contributed by atoms with van der Waals surface area (Å²) in [5.74, 6) is 1.66. The lowest BCUT2D eigenvalue weighted by atomic mass is 10.1. The zero-order valence-electron chi connectivity index (χ0n) is 11.8. The van der Waals surface area contributed by atoms with E-state index in [4.69, 9.17) is 15.2 Å². The maximum Gasteiger partial charge on any atom is 0.127 e. The molecule has 0 saturated heterocycles. The molecule has 20 heavy (non-hydrogen) atoms. The lowest BCUT2D eigenvalue weighted by Gasteiger charge is -2.10. The molecule has 3 nitrogen and oxygen atoms in total. The quantitative estimate of drug-likeness (QED) is 0.930. The fourth-order valence-electron chi connectivity index (χ4n) is 2.42. The Labute approximate surface area is 119 Å². The van der Waals surface area contributed by atoms with E-state index in [0.29, 0.717) is 13.2 Å². The van der Waals surface area contributed by atoms with Gasteiger partial charge in [0.1, 0.15) is 24.7 Å². The molecule has 1 unspecified atom stereocenters. The molecule has 1 atom stereocenters. The van der Waals surface area contributed by atoms with E-state index < -0.39 is 0 Å². The molecule has 0 aromatic heterocycles. The van der Waals surface area contributed by atoms with Crippen LogP contribution < -0.4 is 15.2 Å². The largest absolute Gasteiger partial charge is 0.491 e. The van der Waals surface area contributed by atoms with E-state index in [1.54, 1.807) is 0 Å². The summed E-state index contributed by atoms with van der Waals surface area (Å²) >= 11 is 0. The molecule has 0 saturated carbocycles.